The summed E-state index contributed by atoms with van der Waals surface area (Å²) in [6, 6.07) is 7.50. The number of nitrogens with zero attached hydrogens (tertiary/aromatic N) is 4. The summed E-state index contributed by atoms with van der Waals surface area (Å²) in [5.74, 6) is -0.949. The Morgan fingerprint density at radius 1 is 1.23 bits per heavy atom. The molecule has 0 atom stereocenters. The summed E-state index contributed by atoms with van der Waals surface area (Å²) in [4.78, 5) is 30.0. The molecular weight excluding hydrogens is 453 g/mol. The number of phenolic OH excluding ortho intramolecular Hbond substituents is 1. The van der Waals surface area contributed by atoms with Gasteiger partial charge in [0.25, 0.3) is 5.91 Å². The molecule has 10 heteroatoms. The Labute approximate surface area is 202 Å². The molecule has 1 saturated heterocycles. The zero-order valence-electron chi connectivity index (χ0n) is 19.9. The van der Waals surface area contributed by atoms with Crippen molar-refractivity contribution >= 4 is 28.7 Å². The number of methoxy groups -OCH3 is 1. The normalized spacial score (nSPS) is 14.6. The number of hydrogen-bond donors (Lipinski definition) is 2. The predicted octanol–water partition coefficient (Wildman–Crippen LogP) is 2.39. The highest BCUT2D eigenvalue weighted by Gasteiger charge is 2.21. The first-order valence-electron chi connectivity index (χ1n) is 11.3. The quantitative estimate of drug-likeness (QED) is 0.414. The molecule has 184 valence electrons. The van der Waals surface area contributed by atoms with Gasteiger partial charge in [0.15, 0.2) is 11.5 Å². The molecule has 0 saturated carbocycles. The average Bonchev–Trinajstić information content (AvgIpc) is 2.85. The number of benzene rings is 2. The van der Waals surface area contributed by atoms with Gasteiger partial charge in [-0.1, -0.05) is 0 Å². The number of carbonyl (C=O) groups is 1. The third-order valence-corrected chi connectivity index (χ3v) is 6.16. The monoisotopic (exact) mass is 481 g/mol. The number of aryl methyl sites for hydroxylation is 1. The first kappa shape index (κ1) is 24.2. The highest BCUT2D eigenvalue weighted by atomic mass is 19.1. The van der Waals surface area contributed by atoms with Gasteiger partial charge in [-0.15, -0.1) is 0 Å². The first-order chi connectivity index (χ1) is 16.8. The summed E-state index contributed by atoms with van der Waals surface area (Å²) in [6.07, 6.45) is 2.84. The molecule has 9 nitrogen and oxygen atoms in total. The smallest absolute Gasteiger partial charge is 0.276 e. The standard InChI is InChI=1S/C25H28FN5O4/c1-4-30-15-18(25(34)28-27-14-16-5-6-22(32)23(11-16)35-3)24(33)17-12-19(26)21(13-20(17)30)31-9-7-29(2)8-10-31/h5-6,11-15,32H,4,7-10H2,1-3H3,(H,28,34). The van der Waals surface area contributed by atoms with Gasteiger partial charge in [0.2, 0.25) is 5.43 Å². The number of amides is 1. The lowest BCUT2D eigenvalue weighted by Crippen LogP contribution is -2.44. The second kappa shape index (κ2) is 10.1. The Hall–Kier alpha value is -3.92. The second-order valence-corrected chi connectivity index (χ2v) is 8.40. The molecule has 4 rings (SSSR count). The molecule has 35 heavy (non-hydrogen) atoms. The van der Waals surface area contributed by atoms with E-state index in [1.807, 2.05) is 18.9 Å². The van der Waals surface area contributed by atoms with Crippen molar-refractivity contribution in [2.45, 2.75) is 13.5 Å². The zero-order valence-corrected chi connectivity index (χ0v) is 19.9. The lowest BCUT2D eigenvalue weighted by molar-refractivity contribution is 0.0953. The van der Waals surface area contributed by atoms with E-state index in [1.165, 1.54) is 31.7 Å². The third-order valence-electron chi connectivity index (χ3n) is 6.16. The van der Waals surface area contributed by atoms with E-state index in [0.717, 1.165) is 13.1 Å². The van der Waals surface area contributed by atoms with Crippen molar-refractivity contribution in [3.63, 3.8) is 0 Å². The van der Waals surface area contributed by atoms with Gasteiger partial charge < -0.3 is 24.2 Å². The van der Waals surface area contributed by atoms with Crippen LogP contribution in [0.5, 0.6) is 11.5 Å². The fourth-order valence-electron chi connectivity index (χ4n) is 4.11. The Bertz CT molecular complexity index is 1350. The van der Waals surface area contributed by atoms with Crippen LogP contribution in [-0.2, 0) is 6.54 Å². The molecule has 0 radical (unpaired) electrons. The van der Waals surface area contributed by atoms with Crippen molar-refractivity contribution in [1.82, 2.24) is 14.9 Å². The number of fused-ring (bicyclic) bond motifs is 1. The largest absolute Gasteiger partial charge is 0.504 e. The molecule has 0 spiro atoms. The van der Waals surface area contributed by atoms with Crippen molar-refractivity contribution in [3.8, 4) is 11.5 Å². The van der Waals surface area contributed by atoms with E-state index in [0.29, 0.717) is 36.4 Å². The predicted molar refractivity (Wildman–Crippen MR) is 133 cm³/mol. The Morgan fingerprint density at radius 3 is 2.66 bits per heavy atom. The number of hydrazone groups is 1. The van der Waals surface area contributed by atoms with Gasteiger partial charge in [0.1, 0.15) is 11.4 Å². The molecule has 1 aliphatic rings. The Kier molecular flexibility index (Phi) is 7.02. The Balaban J connectivity index is 1.63. The summed E-state index contributed by atoms with van der Waals surface area (Å²) in [5, 5.41) is 13.7. The number of aromatic hydroxyl groups is 1. The summed E-state index contributed by atoms with van der Waals surface area (Å²) < 4.78 is 21.9. The number of hydrogen-bond acceptors (Lipinski definition) is 7. The van der Waals surface area contributed by atoms with Gasteiger partial charge in [-0.3, -0.25) is 9.59 Å². The van der Waals surface area contributed by atoms with E-state index in [1.54, 1.807) is 22.8 Å². The maximum absolute atomic E-state index is 15.1. The van der Waals surface area contributed by atoms with Crippen LogP contribution >= 0.6 is 0 Å². The van der Waals surface area contributed by atoms with Crippen LogP contribution in [-0.4, -0.2) is 67.0 Å². The molecule has 0 bridgehead atoms. The van der Waals surface area contributed by atoms with Crippen LogP contribution in [0.1, 0.15) is 22.8 Å². The SMILES string of the molecule is CCn1cc(C(=O)NN=Cc2ccc(O)c(OC)c2)c(=O)c2cc(F)c(N3CCN(C)CC3)cc21. The average molecular weight is 482 g/mol. The number of anilines is 1. The van der Waals surface area contributed by atoms with E-state index >= 15 is 4.39 Å². The van der Waals surface area contributed by atoms with Crippen molar-refractivity contribution in [3.05, 3.63) is 63.7 Å². The molecule has 1 aromatic heterocycles. The first-order valence-corrected chi connectivity index (χ1v) is 11.3. The lowest BCUT2D eigenvalue weighted by atomic mass is 10.1. The van der Waals surface area contributed by atoms with Crippen molar-refractivity contribution in [2.75, 3.05) is 45.2 Å². The summed E-state index contributed by atoms with van der Waals surface area (Å²) in [6.45, 7) is 5.42. The molecule has 2 N–H and O–H groups in total. The van der Waals surface area contributed by atoms with Gasteiger partial charge in [0, 0.05) is 44.3 Å². The van der Waals surface area contributed by atoms with Crippen molar-refractivity contribution in [1.29, 1.82) is 0 Å². The highest BCUT2D eigenvalue weighted by molar-refractivity contribution is 5.98. The number of likely N-dealkylation sites (N-methyl/N-ethyl adjacent to an activating group) is 1. The Morgan fingerprint density at radius 2 is 1.97 bits per heavy atom. The lowest BCUT2D eigenvalue weighted by Gasteiger charge is -2.34. The third kappa shape index (κ3) is 4.97. The summed E-state index contributed by atoms with van der Waals surface area (Å²) in [7, 11) is 3.45. The van der Waals surface area contributed by atoms with Gasteiger partial charge in [-0.05, 0) is 49.9 Å². The van der Waals surface area contributed by atoms with Crippen LogP contribution in [0.15, 0.2) is 46.4 Å². The number of carbonyl (C=O) groups excluding carboxylic acids is 1. The molecule has 3 aromatic rings. The molecule has 2 heterocycles. The molecule has 1 aliphatic heterocycles. The molecule has 0 aliphatic carbocycles. The van der Waals surface area contributed by atoms with Crippen molar-refractivity contribution < 1.29 is 19.0 Å². The maximum atomic E-state index is 15.1. The number of halogens is 1. The van der Waals surface area contributed by atoms with Crippen LogP contribution in [0.2, 0.25) is 0 Å². The molecular formula is C25H28FN5O4. The van der Waals surface area contributed by atoms with E-state index < -0.39 is 17.2 Å². The number of aromatic nitrogens is 1. The maximum Gasteiger partial charge on any atom is 0.276 e. The van der Waals surface area contributed by atoms with E-state index in [9.17, 15) is 14.7 Å². The van der Waals surface area contributed by atoms with Gasteiger partial charge in [-0.25, -0.2) is 9.82 Å². The summed E-state index contributed by atoms with van der Waals surface area (Å²) in [5.41, 5.74) is 3.25. The molecule has 2 aromatic carbocycles. The highest BCUT2D eigenvalue weighted by Crippen LogP contribution is 2.27. The summed E-state index contributed by atoms with van der Waals surface area (Å²) >= 11 is 0. The number of phenols is 1. The van der Waals surface area contributed by atoms with Gasteiger partial charge in [-0.2, -0.15) is 5.10 Å². The minimum absolute atomic E-state index is 0.0204. The van der Waals surface area contributed by atoms with Crippen LogP contribution in [0.4, 0.5) is 10.1 Å². The van der Waals surface area contributed by atoms with Crippen LogP contribution < -0.4 is 20.5 Å². The number of nitrogens with one attached hydrogen (secondary N) is 1. The fraction of sp³-hybridized carbons (Fsp3) is 0.320. The number of rotatable bonds is 6. The molecule has 1 amide bonds. The fourth-order valence-corrected chi connectivity index (χ4v) is 4.11. The van der Waals surface area contributed by atoms with Crippen LogP contribution in [0.3, 0.4) is 0 Å². The molecule has 0 unspecified atom stereocenters. The van der Waals surface area contributed by atoms with E-state index in [2.05, 4.69) is 15.4 Å². The topological polar surface area (TPSA) is 99.4 Å². The van der Waals surface area contributed by atoms with Crippen molar-refractivity contribution in [2.24, 2.45) is 5.10 Å². The minimum atomic E-state index is -0.704. The number of pyridine rings is 1. The van der Waals surface area contributed by atoms with Crippen LogP contribution in [0.25, 0.3) is 10.9 Å². The van der Waals surface area contributed by atoms with Gasteiger partial charge in [0.05, 0.1) is 24.5 Å². The second-order valence-electron chi connectivity index (χ2n) is 8.40. The number of ether oxygens (including phenoxy) is 1. The van der Waals surface area contributed by atoms with Crippen LogP contribution in [0, 0.1) is 5.82 Å². The van der Waals surface area contributed by atoms with E-state index in [-0.39, 0.29) is 22.4 Å². The minimum Gasteiger partial charge on any atom is -0.504 e. The van der Waals surface area contributed by atoms with Gasteiger partial charge >= 0.3 is 0 Å². The number of piperazine rings is 1. The molecule has 1 fully saturated rings. The van der Waals surface area contributed by atoms with E-state index in [4.69, 9.17) is 4.74 Å². The zero-order chi connectivity index (χ0) is 25.1.